The zero-order valence-electron chi connectivity index (χ0n) is 26.2. The number of nitrogens with two attached hydrogens (primary N) is 1. The molecule has 14 nitrogen and oxygen atoms in total. The van der Waals surface area contributed by atoms with Crippen LogP contribution in [0.2, 0.25) is 0 Å². The number of carbonyl (C=O) groups is 2. The maximum atomic E-state index is 13.6. The minimum absolute atomic E-state index is 0.0373. The molecular formula is C28H41F3N6O8S. The van der Waals surface area contributed by atoms with Gasteiger partial charge >= 0.3 is 12.1 Å². The van der Waals surface area contributed by atoms with Crippen molar-refractivity contribution in [3.05, 3.63) is 51.9 Å². The van der Waals surface area contributed by atoms with Crippen LogP contribution in [0.5, 0.6) is 5.75 Å². The van der Waals surface area contributed by atoms with Crippen molar-refractivity contribution in [2.24, 2.45) is 5.73 Å². The summed E-state index contributed by atoms with van der Waals surface area (Å²) in [5.74, 6) is -3.40. The van der Waals surface area contributed by atoms with E-state index in [0.29, 0.717) is 12.3 Å². The van der Waals surface area contributed by atoms with Crippen molar-refractivity contribution in [2.45, 2.75) is 76.9 Å². The molecule has 2 rings (SSSR count). The third kappa shape index (κ3) is 12.6. The maximum absolute atomic E-state index is 13.6. The number of carboxylic acid groups (broad SMARTS) is 1. The van der Waals surface area contributed by atoms with Crippen LogP contribution in [0.3, 0.4) is 0 Å². The molecule has 1 heterocycles. The molecule has 7 N–H and O–H groups in total. The Hall–Kier alpha value is -4.32. The first kappa shape index (κ1) is 39.7. The highest BCUT2D eigenvalue weighted by Gasteiger charge is 2.38. The van der Waals surface area contributed by atoms with Crippen molar-refractivity contribution in [1.29, 1.82) is 5.41 Å². The van der Waals surface area contributed by atoms with Crippen LogP contribution in [0.1, 0.15) is 58.2 Å². The average molecular weight is 679 g/mol. The number of anilines is 1. The van der Waals surface area contributed by atoms with E-state index in [4.69, 9.17) is 30.6 Å². The average Bonchev–Trinajstić information content (AvgIpc) is 2.96. The van der Waals surface area contributed by atoms with Crippen LogP contribution in [-0.4, -0.2) is 61.9 Å². The number of hydrogen-bond donors (Lipinski definition) is 6. The van der Waals surface area contributed by atoms with Crippen LogP contribution in [0.4, 0.5) is 18.9 Å². The molecule has 0 saturated carbocycles. The Labute approximate surface area is 265 Å². The maximum Gasteiger partial charge on any atom is 0.490 e. The SMILES string of the molecule is CCCCOc1ccc(C(C)(C)CC)cc1S(=O)(=O)Nc1ccc(C)n(CC(=O)NCCONC(=N)N)c1=O.O=C(O)C(F)(F)F. The first-order valence-corrected chi connectivity index (χ1v) is 15.5. The molecule has 0 saturated heterocycles. The summed E-state index contributed by atoms with van der Waals surface area (Å²) in [5, 5.41) is 16.7. The number of sulfonamides is 1. The molecular weight excluding hydrogens is 637 g/mol. The molecule has 0 radical (unpaired) electrons. The Morgan fingerprint density at radius 3 is 2.28 bits per heavy atom. The Morgan fingerprint density at radius 2 is 1.74 bits per heavy atom. The van der Waals surface area contributed by atoms with Gasteiger partial charge in [0, 0.05) is 12.2 Å². The van der Waals surface area contributed by atoms with Crippen LogP contribution in [0.25, 0.3) is 0 Å². The van der Waals surface area contributed by atoms with E-state index < -0.39 is 33.6 Å². The van der Waals surface area contributed by atoms with Gasteiger partial charge in [0.25, 0.3) is 15.6 Å². The van der Waals surface area contributed by atoms with Gasteiger partial charge in [0.05, 0.1) is 13.2 Å². The molecule has 258 valence electrons. The van der Waals surface area contributed by atoms with E-state index in [-0.39, 0.29) is 47.4 Å². The van der Waals surface area contributed by atoms with Crippen LogP contribution in [-0.2, 0) is 36.4 Å². The normalized spacial score (nSPS) is 11.6. The largest absolute Gasteiger partial charge is 0.492 e. The highest BCUT2D eigenvalue weighted by Crippen LogP contribution is 2.33. The summed E-state index contributed by atoms with van der Waals surface area (Å²) in [6, 6.07) is 8.05. The second-order valence-corrected chi connectivity index (χ2v) is 12.2. The number of hydrogen-bond acceptors (Lipinski definition) is 8. The van der Waals surface area contributed by atoms with E-state index >= 15 is 0 Å². The van der Waals surface area contributed by atoms with Gasteiger partial charge in [-0.2, -0.15) is 13.2 Å². The molecule has 2 aromatic rings. The molecule has 0 atom stereocenters. The lowest BCUT2D eigenvalue weighted by Crippen LogP contribution is -2.37. The molecule has 1 aromatic heterocycles. The summed E-state index contributed by atoms with van der Waals surface area (Å²) in [6.07, 6.45) is -2.64. The molecule has 0 spiro atoms. The van der Waals surface area contributed by atoms with E-state index in [2.05, 4.69) is 15.5 Å². The summed E-state index contributed by atoms with van der Waals surface area (Å²) < 4.78 is 68.3. The van der Waals surface area contributed by atoms with Gasteiger partial charge in [0.2, 0.25) is 11.9 Å². The molecule has 0 bridgehead atoms. The molecule has 0 fully saturated rings. The van der Waals surface area contributed by atoms with Crippen molar-refractivity contribution in [3.8, 4) is 5.75 Å². The fourth-order valence-electron chi connectivity index (χ4n) is 3.50. The number of hydroxylamine groups is 1. The molecule has 1 amide bonds. The number of aryl methyl sites for hydroxylation is 1. The van der Waals surface area contributed by atoms with Gasteiger partial charge in [-0.25, -0.2) is 18.7 Å². The van der Waals surface area contributed by atoms with Crippen molar-refractivity contribution >= 4 is 33.5 Å². The van der Waals surface area contributed by atoms with Crippen molar-refractivity contribution in [3.63, 3.8) is 0 Å². The van der Waals surface area contributed by atoms with Gasteiger partial charge in [0.15, 0.2) is 0 Å². The smallest absolute Gasteiger partial charge is 0.490 e. The van der Waals surface area contributed by atoms with Gasteiger partial charge in [0.1, 0.15) is 22.9 Å². The number of guanidine groups is 1. The number of rotatable bonds is 15. The number of nitrogens with zero attached hydrogens (tertiary/aromatic N) is 1. The third-order valence-electron chi connectivity index (χ3n) is 6.54. The molecule has 0 unspecified atom stereocenters. The van der Waals surface area contributed by atoms with Crippen molar-refractivity contribution in [1.82, 2.24) is 15.4 Å². The zero-order valence-corrected chi connectivity index (χ0v) is 27.0. The Bertz CT molecular complexity index is 1530. The van der Waals surface area contributed by atoms with Gasteiger partial charge in [-0.3, -0.25) is 24.6 Å². The number of unbranched alkanes of at least 4 members (excludes halogenated alkanes) is 1. The Balaban J connectivity index is 0.00000135. The van der Waals surface area contributed by atoms with E-state index in [1.807, 2.05) is 33.8 Å². The number of aromatic nitrogens is 1. The number of nitrogens with one attached hydrogen (secondary N) is 4. The monoisotopic (exact) mass is 678 g/mol. The van der Waals surface area contributed by atoms with E-state index in [1.165, 1.54) is 10.6 Å². The molecule has 18 heteroatoms. The molecule has 0 aliphatic rings. The number of aliphatic carboxylic acids is 1. The lowest BCUT2D eigenvalue weighted by molar-refractivity contribution is -0.192. The van der Waals surface area contributed by atoms with Gasteiger partial charge in [-0.05, 0) is 55.0 Å². The summed E-state index contributed by atoms with van der Waals surface area (Å²) in [5.41, 5.74) is 7.41. The van der Waals surface area contributed by atoms with Crippen LogP contribution < -0.4 is 31.5 Å². The van der Waals surface area contributed by atoms with E-state index in [1.54, 1.807) is 25.1 Å². The van der Waals surface area contributed by atoms with E-state index in [9.17, 15) is 31.2 Å². The lowest BCUT2D eigenvalue weighted by Gasteiger charge is -2.25. The Morgan fingerprint density at radius 1 is 1.11 bits per heavy atom. The summed E-state index contributed by atoms with van der Waals surface area (Å²) in [4.78, 5) is 39.3. The summed E-state index contributed by atoms with van der Waals surface area (Å²) >= 11 is 0. The lowest BCUT2D eigenvalue weighted by atomic mass is 9.82. The highest BCUT2D eigenvalue weighted by atomic mass is 32.2. The molecule has 46 heavy (non-hydrogen) atoms. The van der Waals surface area contributed by atoms with Gasteiger partial charge in [-0.15, -0.1) is 0 Å². The predicted molar refractivity (Wildman–Crippen MR) is 164 cm³/mol. The zero-order chi connectivity index (χ0) is 35.3. The minimum atomic E-state index is -5.08. The second kappa shape index (κ2) is 17.4. The van der Waals surface area contributed by atoms with Gasteiger partial charge < -0.3 is 25.5 Å². The number of ether oxygens (including phenoxy) is 1. The first-order chi connectivity index (χ1) is 21.3. The number of benzene rings is 1. The third-order valence-corrected chi connectivity index (χ3v) is 7.93. The standard InChI is InChI=1S/C26H40N6O6S.C2HF3O2/c1-6-8-14-37-21-12-10-19(26(4,5)7-2)16-22(21)39(35,36)31-20-11-9-18(3)32(24(20)34)17-23(33)29-13-15-38-30-25(27)28;3-2(4,5)1(6)7/h9-12,16,31H,6-8,13-15,17H2,1-5H3,(H,29,33)(H4,27,28,30);(H,6,7). The van der Waals surface area contributed by atoms with E-state index in [0.717, 1.165) is 24.8 Å². The topological polar surface area (TPSA) is 215 Å². The van der Waals surface area contributed by atoms with Crippen LogP contribution in [0.15, 0.2) is 40.0 Å². The number of amides is 1. The van der Waals surface area contributed by atoms with Crippen LogP contribution >= 0.6 is 0 Å². The molecule has 1 aromatic carbocycles. The molecule has 0 aliphatic heterocycles. The number of carbonyl (C=O) groups excluding carboxylic acids is 1. The summed E-state index contributed by atoms with van der Waals surface area (Å²) in [6.45, 7) is 9.91. The fraction of sp³-hybridized carbons (Fsp3) is 0.500. The Kier molecular flexibility index (Phi) is 15.0. The minimum Gasteiger partial charge on any atom is -0.492 e. The predicted octanol–water partition coefficient (Wildman–Crippen LogP) is 2.99. The highest BCUT2D eigenvalue weighted by molar-refractivity contribution is 7.92. The number of pyridine rings is 1. The first-order valence-electron chi connectivity index (χ1n) is 14.1. The van der Waals surface area contributed by atoms with Crippen molar-refractivity contribution in [2.75, 3.05) is 24.5 Å². The number of halogens is 3. The van der Waals surface area contributed by atoms with Crippen molar-refractivity contribution < 1.29 is 45.9 Å². The van der Waals surface area contributed by atoms with Gasteiger partial charge in [-0.1, -0.05) is 40.2 Å². The number of alkyl halides is 3. The fourth-order valence-corrected chi connectivity index (χ4v) is 4.73. The van der Waals surface area contributed by atoms with Crippen LogP contribution in [0, 0.1) is 12.3 Å². The quantitative estimate of drug-likeness (QED) is 0.0701. The summed E-state index contributed by atoms with van der Waals surface area (Å²) in [7, 11) is -4.22. The second-order valence-electron chi connectivity index (χ2n) is 10.5. The molecule has 0 aliphatic carbocycles. The number of carboxylic acids is 1.